The number of hydrogen-bond acceptors (Lipinski definition) is 6. The maximum absolute atomic E-state index is 12.7. The van der Waals surface area contributed by atoms with Gasteiger partial charge in [0.25, 0.3) is 5.91 Å². The summed E-state index contributed by atoms with van der Waals surface area (Å²) in [5, 5.41) is 15.7. The number of nitrogens with zero attached hydrogens (tertiary/aromatic N) is 1. The fourth-order valence-electron chi connectivity index (χ4n) is 4.00. The Morgan fingerprint density at radius 3 is 2.65 bits per heavy atom. The van der Waals surface area contributed by atoms with Gasteiger partial charge in [-0.2, -0.15) is 5.26 Å². The van der Waals surface area contributed by atoms with Gasteiger partial charge in [0, 0.05) is 16.8 Å². The second-order valence-electron chi connectivity index (χ2n) is 8.44. The molecule has 1 fully saturated rings. The third kappa shape index (κ3) is 6.35. The number of aryl methyl sites for hydroxylation is 1. The molecule has 1 heterocycles. The van der Waals surface area contributed by atoms with Crippen LogP contribution in [0.3, 0.4) is 0 Å². The summed E-state index contributed by atoms with van der Waals surface area (Å²) in [5.41, 5.74) is 5.02. The fraction of sp³-hybridized carbons (Fsp3) is 0.200. The summed E-state index contributed by atoms with van der Waals surface area (Å²) in [6.45, 7) is 6.22. The number of allylic oxidation sites excluding steroid dienone is 1. The smallest absolute Gasteiger partial charge is 0.260 e. The highest BCUT2D eigenvalue weighted by Crippen LogP contribution is 2.37. The highest BCUT2D eigenvalue weighted by atomic mass is 32.2. The van der Waals surface area contributed by atoms with Crippen LogP contribution in [0.4, 0.5) is 5.69 Å². The molecule has 1 saturated heterocycles. The van der Waals surface area contributed by atoms with E-state index in [9.17, 15) is 10.1 Å². The predicted molar refractivity (Wildman–Crippen MR) is 149 cm³/mol. The Hall–Kier alpha value is -4.15. The van der Waals surface area contributed by atoms with Crippen LogP contribution >= 0.6 is 11.8 Å². The molecule has 0 bridgehead atoms. The molecule has 0 aliphatic carbocycles. The Morgan fingerprint density at radius 1 is 1.16 bits per heavy atom. The van der Waals surface area contributed by atoms with Crippen LogP contribution in [0.5, 0.6) is 11.5 Å². The number of hydrogen-bond donors (Lipinski definition) is 2. The molecule has 7 heteroatoms. The summed E-state index contributed by atoms with van der Waals surface area (Å²) in [6.07, 6.45) is 5.19. The number of methoxy groups -OCH3 is 1. The standard InChI is InChI=1S/C30H29N3O3S/c1-4-8-22-15-21(16-26(35-3)28(22)36-19-24-10-7-6-9-23(24)18-31)17-27-29(34)33-30(37-27)32-25-13-11-20(5-2)12-14-25/h4,6-7,9-17,30,32H,1,5,8,19H2,2-3H3,(H,33,34)/b27-17-/t30-/m1/s1. The Labute approximate surface area is 222 Å². The summed E-state index contributed by atoms with van der Waals surface area (Å²) in [5.74, 6) is 1.01. The summed E-state index contributed by atoms with van der Waals surface area (Å²) in [7, 11) is 1.58. The van der Waals surface area contributed by atoms with E-state index < -0.39 is 0 Å². The molecule has 188 valence electrons. The Morgan fingerprint density at radius 2 is 1.95 bits per heavy atom. The molecule has 4 rings (SSSR count). The molecule has 37 heavy (non-hydrogen) atoms. The van der Waals surface area contributed by atoms with Crippen molar-refractivity contribution in [3.05, 3.63) is 106 Å². The number of ether oxygens (including phenoxy) is 2. The summed E-state index contributed by atoms with van der Waals surface area (Å²) < 4.78 is 11.8. The number of nitrogens with one attached hydrogen (secondary N) is 2. The van der Waals surface area contributed by atoms with Gasteiger partial charge in [0.15, 0.2) is 17.0 Å². The quantitative estimate of drug-likeness (QED) is 0.255. The summed E-state index contributed by atoms with van der Waals surface area (Å²) >= 11 is 1.43. The maximum atomic E-state index is 12.7. The number of amides is 1. The van der Waals surface area contributed by atoms with E-state index in [2.05, 4.69) is 42.3 Å². The lowest BCUT2D eigenvalue weighted by Crippen LogP contribution is -2.30. The second-order valence-corrected chi connectivity index (χ2v) is 9.58. The zero-order valence-corrected chi connectivity index (χ0v) is 21.7. The van der Waals surface area contributed by atoms with E-state index in [1.807, 2.05) is 48.5 Å². The molecular formula is C30H29N3O3S. The number of carbonyl (C=O) groups is 1. The third-order valence-corrected chi connectivity index (χ3v) is 6.97. The van der Waals surface area contributed by atoms with Gasteiger partial charge in [-0.25, -0.2) is 0 Å². The number of carbonyl (C=O) groups excluding carboxylic acids is 1. The second kappa shape index (κ2) is 12.2. The van der Waals surface area contributed by atoms with Crippen molar-refractivity contribution in [3.63, 3.8) is 0 Å². The zero-order chi connectivity index (χ0) is 26.2. The minimum atomic E-state index is -0.261. The molecule has 0 radical (unpaired) electrons. The number of nitriles is 1. The zero-order valence-electron chi connectivity index (χ0n) is 20.9. The molecule has 0 unspecified atom stereocenters. The lowest BCUT2D eigenvalue weighted by molar-refractivity contribution is -0.116. The maximum Gasteiger partial charge on any atom is 0.260 e. The van der Waals surface area contributed by atoms with Crippen LogP contribution in [0.1, 0.15) is 34.7 Å². The molecule has 3 aromatic carbocycles. The number of benzene rings is 3. The van der Waals surface area contributed by atoms with E-state index in [0.717, 1.165) is 28.8 Å². The normalized spacial score (nSPS) is 15.6. The Bertz CT molecular complexity index is 1360. The van der Waals surface area contributed by atoms with Crippen LogP contribution in [0.15, 0.2) is 78.2 Å². The first kappa shape index (κ1) is 25.9. The van der Waals surface area contributed by atoms with Crippen molar-refractivity contribution in [2.24, 2.45) is 0 Å². The highest BCUT2D eigenvalue weighted by molar-refractivity contribution is 8.05. The van der Waals surface area contributed by atoms with Crippen LogP contribution < -0.4 is 20.1 Å². The minimum absolute atomic E-state index is 0.134. The average Bonchev–Trinajstić information content (AvgIpc) is 3.26. The average molecular weight is 512 g/mol. The SMILES string of the molecule is C=CCc1cc(/C=C2\S[C@H](Nc3ccc(CC)cc3)NC2=O)cc(OC)c1OCc1ccccc1C#N. The minimum Gasteiger partial charge on any atom is -0.493 e. The first-order valence-corrected chi connectivity index (χ1v) is 12.9. The van der Waals surface area contributed by atoms with Crippen LogP contribution in [0.2, 0.25) is 0 Å². The Balaban J connectivity index is 1.54. The van der Waals surface area contributed by atoms with Crippen LogP contribution in [0.25, 0.3) is 6.08 Å². The van der Waals surface area contributed by atoms with Gasteiger partial charge in [0.05, 0.1) is 23.6 Å². The van der Waals surface area contributed by atoms with Crippen molar-refractivity contribution in [3.8, 4) is 17.6 Å². The van der Waals surface area contributed by atoms with Gasteiger partial charge in [0.2, 0.25) is 0 Å². The van der Waals surface area contributed by atoms with Gasteiger partial charge >= 0.3 is 0 Å². The Kier molecular flexibility index (Phi) is 8.55. The number of thioether (sulfide) groups is 1. The molecule has 0 saturated carbocycles. The van der Waals surface area contributed by atoms with Gasteiger partial charge in [-0.1, -0.05) is 55.1 Å². The monoisotopic (exact) mass is 511 g/mol. The summed E-state index contributed by atoms with van der Waals surface area (Å²) in [4.78, 5) is 13.3. The van der Waals surface area contributed by atoms with E-state index >= 15 is 0 Å². The van der Waals surface area contributed by atoms with Crippen molar-refractivity contribution >= 4 is 29.4 Å². The summed E-state index contributed by atoms with van der Waals surface area (Å²) in [6, 6.07) is 21.6. The molecule has 1 aliphatic heterocycles. The van der Waals surface area contributed by atoms with Gasteiger partial charge < -0.3 is 20.1 Å². The highest BCUT2D eigenvalue weighted by Gasteiger charge is 2.27. The molecule has 2 N–H and O–H groups in total. The van der Waals surface area contributed by atoms with Gasteiger partial charge in [0.1, 0.15) is 6.61 Å². The third-order valence-electron chi connectivity index (χ3n) is 5.94. The first-order chi connectivity index (χ1) is 18.0. The van der Waals surface area contributed by atoms with Crippen LogP contribution in [-0.2, 0) is 24.2 Å². The van der Waals surface area contributed by atoms with E-state index in [0.29, 0.717) is 28.4 Å². The molecule has 1 amide bonds. The van der Waals surface area contributed by atoms with Crippen LogP contribution in [-0.4, -0.2) is 18.5 Å². The fourth-order valence-corrected chi connectivity index (χ4v) is 4.98. The number of rotatable bonds is 10. The van der Waals surface area contributed by atoms with Crippen molar-refractivity contribution in [1.82, 2.24) is 5.32 Å². The van der Waals surface area contributed by atoms with E-state index in [-0.39, 0.29) is 18.0 Å². The lowest BCUT2D eigenvalue weighted by atomic mass is 10.0. The molecular weight excluding hydrogens is 482 g/mol. The van der Waals surface area contributed by atoms with Crippen molar-refractivity contribution < 1.29 is 14.3 Å². The molecule has 6 nitrogen and oxygen atoms in total. The van der Waals surface area contributed by atoms with Crippen molar-refractivity contribution in [2.45, 2.75) is 31.9 Å². The molecule has 0 aromatic heterocycles. The van der Waals surface area contributed by atoms with E-state index in [1.165, 1.54) is 17.3 Å². The van der Waals surface area contributed by atoms with E-state index in [1.54, 1.807) is 19.3 Å². The van der Waals surface area contributed by atoms with Gasteiger partial charge in [-0.15, -0.1) is 6.58 Å². The largest absolute Gasteiger partial charge is 0.493 e. The lowest BCUT2D eigenvalue weighted by Gasteiger charge is -2.16. The molecule has 1 atom stereocenters. The molecule has 1 aliphatic rings. The van der Waals surface area contributed by atoms with Gasteiger partial charge in [-0.3, -0.25) is 4.79 Å². The van der Waals surface area contributed by atoms with Crippen LogP contribution in [0, 0.1) is 11.3 Å². The van der Waals surface area contributed by atoms with Crippen molar-refractivity contribution in [2.75, 3.05) is 12.4 Å². The van der Waals surface area contributed by atoms with E-state index in [4.69, 9.17) is 9.47 Å². The topological polar surface area (TPSA) is 83.4 Å². The number of anilines is 1. The molecule has 0 spiro atoms. The first-order valence-electron chi connectivity index (χ1n) is 12.0. The van der Waals surface area contributed by atoms with Gasteiger partial charge in [-0.05, 0) is 60.4 Å². The molecule has 3 aromatic rings. The predicted octanol–water partition coefficient (Wildman–Crippen LogP) is 6.04. The van der Waals surface area contributed by atoms with Crippen molar-refractivity contribution in [1.29, 1.82) is 5.26 Å².